The van der Waals surface area contributed by atoms with Gasteiger partial charge in [-0.3, -0.25) is 4.79 Å². The quantitative estimate of drug-likeness (QED) is 0.919. The largest absolute Gasteiger partial charge is 0.382 e. The molecule has 0 saturated carbocycles. The molecule has 1 aromatic heterocycles. The Morgan fingerprint density at radius 1 is 1.36 bits per heavy atom. The fourth-order valence-electron chi connectivity index (χ4n) is 2.46. The highest BCUT2D eigenvalue weighted by atomic mass is 35.5. The number of hydrogen-bond donors (Lipinski definition) is 1. The molecule has 2 heterocycles. The minimum atomic E-state index is -0.279. The number of hydrogen-bond acceptors (Lipinski definition) is 4. The van der Waals surface area contributed by atoms with E-state index in [4.69, 9.17) is 16.3 Å². The fraction of sp³-hybridized carbons (Fsp3) is 0.375. The molecule has 1 atom stereocenters. The summed E-state index contributed by atoms with van der Waals surface area (Å²) in [5.74, 6) is 0.461. The first kappa shape index (κ1) is 15.1. The first-order chi connectivity index (χ1) is 10.7. The van der Waals surface area contributed by atoms with Crippen LogP contribution in [0.4, 0.5) is 5.69 Å². The second kappa shape index (κ2) is 6.94. The standard InChI is InChI=1S/C16H18ClN3O2/c17-15-14(18-8-13-6-7-22-11-13)9-19-20(16(15)21)10-12-4-2-1-3-5-12/h1-5,9,13,18H,6-8,10-11H2/t13-/m0/s1. The zero-order chi connectivity index (χ0) is 15.4. The van der Waals surface area contributed by atoms with Crippen molar-refractivity contribution in [1.29, 1.82) is 0 Å². The predicted molar refractivity (Wildman–Crippen MR) is 86.5 cm³/mol. The Bertz CT molecular complexity index is 682. The lowest BCUT2D eigenvalue weighted by molar-refractivity contribution is 0.187. The zero-order valence-corrected chi connectivity index (χ0v) is 12.9. The van der Waals surface area contributed by atoms with Gasteiger partial charge in [-0.25, -0.2) is 4.68 Å². The van der Waals surface area contributed by atoms with Crippen LogP contribution in [0.25, 0.3) is 0 Å². The molecule has 0 spiro atoms. The summed E-state index contributed by atoms with van der Waals surface area (Å²) in [6.07, 6.45) is 2.64. The van der Waals surface area contributed by atoms with Gasteiger partial charge < -0.3 is 10.1 Å². The molecule has 0 bridgehead atoms. The second-order valence-corrected chi connectivity index (χ2v) is 5.81. The molecule has 22 heavy (non-hydrogen) atoms. The Morgan fingerprint density at radius 2 is 2.18 bits per heavy atom. The number of rotatable bonds is 5. The third-order valence-corrected chi connectivity index (χ3v) is 4.13. The lowest BCUT2D eigenvalue weighted by Gasteiger charge is -2.13. The smallest absolute Gasteiger partial charge is 0.287 e. The maximum Gasteiger partial charge on any atom is 0.287 e. The zero-order valence-electron chi connectivity index (χ0n) is 12.2. The first-order valence-electron chi connectivity index (χ1n) is 7.35. The van der Waals surface area contributed by atoms with Crippen LogP contribution in [-0.4, -0.2) is 29.5 Å². The maximum atomic E-state index is 12.3. The molecule has 1 fully saturated rings. The van der Waals surface area contributed by atoms with E-state index in [9.17, 15) is 4.79 Å². The van der Waals surface area contributed by atoms with E-state index in [0.717, 1.165) is 31.7 Å². The van der Waals surface area contributed by atoms with Crippen LogP contribution in [0.15, 0.2) is 41.3 Å². The van der Waals surface area contributed by atoms with Gasteiger partial charge in [0.2, 0.25) is 0 Å². The van der Waals surface area contributed by atoms with E-state index < -0.39 is 0 Å². The van der Waals surface area contributed by atoms with Gasteiger partial charge in [-0.2, -0.15) is 5.10 Å². The molecular formula is C16H18ClN3O2. The summed E-state index contributed by atoms with van der Waals surface area (Å²) in [6.45, 7) is 2.71. The van der Waals surface area contributed by atoms with Gasteiger partial charge in [0, 0.05) is 19.1 Å². The Balaban J connectivity index is 1.72. The maximum absolute atomic E-state index is 12.3. The highest BCUT2D eigenvalue weighted by molar-refractivity contribution is 6.32. The van der Waals surface area contributed by atoms with Crippen LogP contribution in [0.3, 0.4) is 0 Å². The third-order valence-electron chi connectivity index (χ3n) is 3.77. The number of aromatic nitrogens is 2. The molecule has 0 radical (unpaired) electrons. The van der Waals surface area contributed by atoms with Crippen molar-refractivity contribution < 1.29 is 4.74 Å². The van der Waals surface area contributed by atoms with Crippen molar-refractivity contribution in [3.05, 3.63) is 57.5 Å². The van der Waals surface area contributed by atoms with Gasteiger partial charge in [0.1, 0.15) is 5.02 Å². The van der Waals surface area contributed by atoms with Gasteiger partial charge in [0.25, 0.3) is 5.56 Å². The van der Waals surface area contributed by atoms with E-state index in [0.29, 0.717) is 18.2 Å². The number of ether oxygens (including phenoxy) is 1. The summed E-state index contributed by atoms with van der Waals surface area (Å²) in [5.41, 5.74) is 1.32. The number of halogens is 1. The van der Waals surface area contributed by atoms with Crippen LogP contribution in [0.2, 0.25) is 5.02 Å². The van der Waals surface area contributed by atoms with Gasteiger partial charge in [-0.05, 0) is 12.0 Å². The molecule has 1 aliphatic rings. The van der Waals surface area contributed by atoms with Crippen molar-refractivity contribution in [3.8, 4) is 0 Å². The minimum Gasteiger partial charge on any atom is -0.382 e. The second-order valence-electron chi connectivity index (χ2n) is 5.43. The van der Waals surface area contributed by atoms with Crippen molar-refractivity contribution in [2.75, 3.05) is 25.1 Å². The van der Waals surface area contributed by atoms with Gasteiger partial charge >= 0.3 is 0 Å². The molecule has 1 N–H and O–H groups in total. The number of nitrogens with one attached hydrogen (secondary N) is 1. The highest BCUT2D eigenvalue weighted by Gasteiger charge is 2.16. The Hall–Kier alpha value is -1.85. The van der Waals surface area contributed by atoms with E-state index in [2.05, 4.69) is 10.4 Å². The van der Waals surface area contributed by atoms with Gasteiger partial charge in [0.05, 0.1) is 25.0 Å². The summed E-state index contributed by atoms with van der Waals surface area (Å²) in [7, 11) is 0. The van der Waals surface area contributed by atoms with Crippen molar-refractivity contribution in [3.63, 3.8) is 0 Å². The molecule has 0 unspecified atom stereocenters. The van der Waals surface area contributed by atoms with Crippen molar-refractivity contribution in [2.24, 2.45) is 5.92 Å². The molecular weight excluding hydrogens is 302 g/mol. The van der Waals surface area contributed by atoms with E-state index in [-0.39, 0.29) is 10.6 Å². The van der Waals surface area contributed by atoms with E-state index >= 15 is 0 Å². The molecule has 1 aliphatic heterocycles. The SMILES string of the molecule is O=c1c(Cl)c(NC[C@@H]2CCOC2)cnn1Cc1ccccc1. The third kappa shape index (κ3) is 3.48. The highest BCUT2D eigenvalue weighted by Crippen LogP contribution is 2.18. The molecule has 2 aromatic rings. The lowest BCUT2D eigenvalue weighted by Crippen LogP contribution is -2.25. The van der Waals surface area contributed by atoms with E-state index in [1.165, 1.54) is 4.68 Å². The number of anilines is 1. The molecule has 116 valence electrons. The summed E-state index contributed by atoms with van der Waals surface area (Å²) >= 11 is 6.18. The molecule has 1 saturated heterocycles. The lowest BCUT2D eigenvalue weighted by atomic mass is 10.1. The van der Waals surface area contributed by atoms with Gasteiger partial charge in [-0.15, -0.1) is 0 Å². The molecule has 6 heteroatoms. The first-order valence-corrected chi connectivity index (χ1v) is 7.73. The Labute approximate surface area is 133 Å². The molecule has 5 nitrogen and oxygen atoms in total. The summed E-state index contributed by atoms with van der Waals surface area (Å²) in [4.78, 5) is 12.3. The molecule has 0 amide bonds. The van der Waals surface area contributed by atoms with Gasteiger partial charge in [0.15, 0.2) is 0 Å². The summed E-state index contributed by atoms with van der Waals surface area (Å²) in [5, 5.41) is 7.59. The Kier molecular flexibility index (Phi) is 4.75. The van der Waals surface area contributed by atoms with Crippen molar-refractivity contribution >= 4 is 17.3 Å². The van der Waals surface area contributed by atoms with Crippen molar-refractivity contribution in [1.82, 2.24) is 9.78 Å². The van der Waals surface area contributed by atoms with Crippen LogP contribution < -0.4 is 10.9 Å². The Morgan fingerprint density at radius 3 is 2.91 bits per heavy atom. The topological polar surface area (TPSA) is 56.1 Å². The normalized spacial score (nSPS) is 17.6. The molecule has 0 aliphatic carbocycles. The molecule has 1 aromatic carbocycles. The number of benzene rings is 1. The minimum absolute atomic E-state index is 0.185. The van der Waals surface area contributed by atoms with E-state index in [1.54, 1.807) is 6.20 Å². The van der Waals surface area contributed by atoms with Crippen LogP contribution in [-0.2, 0) is 11.3 Å². The fourth-order valence-corrected chi connectivity index (χ4v) is 2.67. The molecule has 3 rings (SSSR count). The summed E-state index contributed by atoms with van der Waals surface area (Å²) in [6, 6.07) is 9.71. The average Bonchev–Trinajstić information content (AvgIpc) is 3.06. The predicted octanol–water partition coefficient (Wildman–Crippen LogP) is 2.39. The van der Waals surface area contributed by atoms with Crippen LogP contribution in [0.1, 0.15) is 12.0 Å². The van der Waals surface area contributed by atoms with E-state index in [1.807, 2.05) is 30.3 Å². The van der Waals surface area contributed by atoms with Gasteiger partial charge in [-0.1, -0.05) is 41.9 Å². The summed E-state index contributed by atoms with van der Waals surface area (Å²) < 4.78 is 6.71. The number of nitrogens with zero attached hydrogens (tertiary/aromatic N) is 2. The monoisotopic (exact) mass is 319 g/mol. The van der Waals surface area contributed by atoms with Crippen LogP contribution in [0.5, 0.6) is 0 Å². The van der Waals surface area contributed by atoms with Crippen molar-refractivity contribution in [2.45, 2.75) is 13.0 Å². The average molecular weight is 320 g/mol. The van der Waals surface area contributed by atoms with Crippen LogP contribution >= 0.6 is 11.6 Å². The van der Waals surface area contributed by atoms with Crippen LogP contribution in [0, 0.1) is 5.92 Å².